The number of aromatic nitrogens is 2. The minimum atomic E-state index is -0.705. The highest BCUT2D eigenvalue weighted by atomic mass is 35.5. The van der Waals surface area contributed by atoms with E-state index in [2.05, 4.69) is 15.2 Å². The average molecular weight is 833 g/mol. The fourth-order valence-corrected chi connectivity index (χ4v) is 7.93. The summed E-state index contributed by atoms with van der Waals surface area (Å²) in [6.07, 6.45) is 2.87. The molecule has 12 nitrogen and oxygen atoms in total. The SMILES string of the molecule is COc1cc(-c2nccc(-c3cccc(-c4ccc(CN(C[C@@H]5CCC(=O)N5)C(=O)OC(C)(C)C)c(OC)n4)c3Cl)c2Cl)ccc1CN1CCC(C(=O)OC(C)C)C1. The highest BCUT2D eigenvalue weighted by Gasteiger charge is 2.31. The van der Waals surface area contributed by atoms with Crippen LogP contribution in [0.5, 0.6) is 11.6 Å². The second-order valence-electron chi connectivity index (χ2n) is 16.0. The van der Waals surface area contributed by atoms with Crippen LogP contribution < -0.4 is 14.8 Å². The Labute approximate surface area is 350 Å². The van der Waals surface area contributed by atoms with Crippen LogP contribution in [0, 0.1) is 5.92 Å². The molecule has 2 aromatic heterocycles. The number of halogens is 2. The second kappa shape index (κ2) is 18.3. The first-order valence-corrected chi connectivity index (χ1v) is 20.2. The molecule has 2 amide bonds. The molecule has 2 aliphatic rings. The Kier molecular flexibility index (Phi) is 13.5. The molecule has 0 spiro atoms. The van der Waals surface area contributed by atoms with Crippen LogP contribution in [0.3, 0.4) is 0 Å². The maximum absolute atomic E-state index is 13.3. The van der Waals surface area contributed by atoms with E-state index in [0.29, 0.717) is 81.2 Å². The first-order valence-electron chi connectivity index (χ1n) is 19.5. The number of hydrogen-bond donors (Lipinski definition) is 1. The Hall–Kier alpha value is -4.91. The number of carbonyl (C=O) groups is 3. The lowest BCUT2D eigenvalue weighted by Gasteiger charge is -2.29. The van der Waals surface area contributed by atoms with Gasteiger partial charge in [0.05, 0.1) is 54.2 Å². The number of pyridine rings is 2. The zero-order valence-corrected chi connectivity index (χ0v) is 35.6. The second-order valence-corrected chi connectivity index (χ2v) is 16.7. The van der Waals surface area contributed by atoms with E-state index in [1.807, 2.05) is 89.2 Å². The molecule has 58 heavy (non-hydrogen) atoms. The number of carbonyl (C=O) groups excluding carboxylic acids is 3. The monoisotopic (exact) mass is 831 g/mol. The molecular formula is C44H51Cl2N5O7. The van der Waals surface area contributed by atoms with Crippen molar-refractivity contribution < 1.29 is 33.3 Å². The summed E-state index contributed by atoms with van der Waals surface area (Å²) in [7, 11) is 3.16. The zero-order chi connectivity index (χ0) is 41.7. The maximum atomic E-state index is 13.3. The van der Waals surface area contributed by atoms with Gasteiger partial charge in [-0.25, -0.2) is 9.78 Å². The molecule has 4 heterocycles. The molecule has 14 heteroatoms. The fraction of sp³-hybridized carbons (Fsp3) is 0.432. The van der Waals surface area contributed by atoms with E-state index in [-0.39, 0.29) is 43.0 Å². The van der Waals surface area contributed by atoms with Gasteiger partial charge in [0.2, 0.25) is 11.8 Å². The lowest BCUT2D eigenvalue weighted by atomic mass is 9.99. The van der Waals surface area contributed by atoms with Gasteiger partial charge in [-0.3, -0.25) is 19.5 Å². The van der Waals surface area contributed by atoms with Crippen LogP contribution in [-0.2, 0) is 32.2 Å². The minimum Gasteiger partial charge on any atom is -0.496 e. The molecule has 0 radical (unpaired) electrons. The number of rotatable bonds is 13. The van der Waals surface area contributed by atoms with Gasteiger partial charge in [-0.05, 0) is 78.3 Å². The molecule has 308 valence electrons. The summed E-state index contributed by atoms with van der Waals surface area (Å²) in [6.45, 7) is 11.6. The third-order valence-electron chi connectivity index (χ3n) is 10.0. The van der Waals surface area contributed by atoms with Gasteiger partial charge in [0.15, 0.2) is 0 Å². The Morgan fingerprint density at radius 1 is 0.966 bits per heavy atom. The number of hydrogen-bond acceptors (Lipinski definition) is 10. The van der Waals surface area contributed by atoms with Crippen molar-refractivity contribution in [3.63, 3.8) is 0 Å². The quantitative estimate of drug-likeness (QED) is 0.131. The molecule has 2 saturated heterocycles. The highest BCUT2D eigenvalue weighted by Crippen LogP contribution is 2.42. The van der Waals surface area contributed by atoms with Crippen molar-refractivity contribution in [2.45, 2.75) is 84.7 Å². The minimum absolute atomic E-state index is 0.0354. The third kappa shape index (κ3) is 10.2. The summed E-state index contributed by atoms with van der Waals surface area (Å²) in [5.74, 6) is 0.695. The van der Waals surface area contributed by atoms with E-state index in [1.54, 1.807) is 18.2 Å². The van der Waals surface area contributed by atoms with Gasteiger partial charge in [-0.2, -0.15) is 0 Å². The molecule has 0 aliphatic carbocycles. The number of nitrogens with zero attached hydrogens (tertiary/aromatic N) is 4. The number of ether oxygens (including phenoxy) is 4. The fourth-order valence-electron chi connectivity index (χ4n) is 7.28. The van der Waals surface area contributed by atoms with Crippen molar-refractivity contribution in [1.82, 2.24) is 25.1 Å². The molecule has 2 aliphatic heterocycles. The van der Waals surface area contributed by atoms with Crippen LogP contribution in [0.15, 0.2) is 60.8 Å². The summed E-state index contributed by atoms with van der Waals surface area (Å²) in [6, 6.07) is 16.9. The van der Waals surface area contributed by atoms with Crippen molar-refractivity contribution >= 4 is 41.2 Å². The molecular weight excluding hydrogens is 781 g/mol. The number of nitrogens with one attached hydrogen (secondary N) is 1. The highest BCUT2D eigenvalue weighted by molar-refractivity contribution is 6.39. The molecule has 4 aromatic rings. The molecule has 1 N–H and O–H groups in total. The Balaban J connectivity index is 1.23. The van der Waals surface area contributed by atoms with Gasteiger partial charge >= 0.3 is 12.1 Å². The molecule has 0 saturated carbocycles. The smallest absolute Gasteiger partial charge is 0.410 e. The van der Waals surface area contributed by atoms with E-state index in [1.165, 1.54) is 7.11 Å². The molecule has 2 fully saturated rings. The van der Waals surface area contributed by atoms with E-state index in [9.17, 15) is 14.4 Å². The van der Waals surface area contributed by atoms with Crippen LogP contribution in [-0.4, -0.2) is 89.3 Å². The molecule has 1 unspecified atom stereocenters. The third-order valence-corrected chi connectivity index (χ3v) is 10.8. The van der Waals surface area contributed by atoms with Gasteiger partial charge in [0.25, 0.3) is 0 Å². The van der Waals surface area contributed by atoms with Crippen LogP contribution >= 0.6 is 23.2 Å². The lowest BCUT2D eigenvalue weighted by molar-refractivity contribution is -0.151. The van der Waals surface area contributed by atoms with Crippen molar-refractivity contribution in [1.29, 1.82) is 0 Å². The van der Waals surface area contributed by atoms with E-state index < -0.39 is 11.7 Å². The van der Waals surface area contributed by atoms with Crippen LogP contribution in [0.2, 0.25) is 10.0 Å². The number of benzene rings is 2. The topological polar surface area (TPSA) is 132 Å². The van der Waals surface area contributed by atoms with Crippen LogP contribution in [0.1, 0.15) is 65.0 Å². The Morgan fingerprint density at radius 3 is 2.40 bits per heavy atom. The molecule has 0 bridgehead atoms. The lowest BCUT2D eigenvalue weighted by Crippen LogP contribution is -2.43. The standard InChI is InChI=1S/C44H51Cl2N5O7/c1-26(2)57-42(53)30-18-20-50(23-30)22-28-12-11-27(21-36(28)55-6)40-39(46)33(17-19-47-40)32-9-8-10-34(38(32)45)35-15-13-29(41(49-35)56-7)24-51(43(54)58-44(3,4)5)25-31-14-16-37(52)48-31/h8-13,15,17,19,21,26,30-31H,14,16,18,20,22-25H2,1-7H3,(H,48,52)/t30?,31-/m0/s1. The van der Waals surface area contributed by atoms with Crippen molar-refractivity contribution in [2.24, 2.45) is 5.92 Å². The van der Waals surface area contributed by atoms with E-state index in [0.717, 1.165) is 24.1 Å². The molecule has 2 aromatic carbocycles. The number of amides is 2. The molecule has 2 atom stereocenters. The predicted octanol–water partition coefficient (Wildman–Crippen LogP) is 8.59. The Morgan fingerprint density at radius 2 is 1.71 bits per heavy atom. The summed E-state index contributed by atoms with van der Waals surface area (Å²) in [5.41, 5.74) is 4.88. The largest absolute Gasteiger partial charge is 0.496 e. The van der Waals surface area contributed by atoms with Gasteiger partial charge < -0.3 is 29.2 Å². The van der Waals surface area contributed by atoms with Crippen LogP contribution in [0.4, 0.5) is 4.79 Å². The van der Waals surface area contributed by atoms with Gasteiger partial charge in [-0.15, -0.1) is 0 Å². The van der Waals surface area contributed by atoms with Crippen LogP contribution in [0.25, 0.3) is 33.6 Å². The number of likely N-dealkylation sites (tertiary alicyclic amines) is 1. The zero-order valence-electron chi connectivity index (χ0n) is 34.1. The first-order chi connectivity index (χ1) is 27.6. The van der Waals surface area contributed by atoms with Gasteiger partial charge in [-0.1, -0.05) is 53.5 Å². The summed E-state index contributed by atoms with van der Waals surface area (Å²) >= 11 is 14.3. The Bertz CT molecular complexity index is 2160. The van der Waals surface area contributed by atoms with Gasteiger partial charge in [0.1, 0.15) is 11.4 Å². The predicted molar refractivity (Wildman–Crippen MR) is 224 cm³/mol. The average Bonchev–Trinajstić information content (AvgIpc) is 3.83. The summed E-state index contributed by atoms with van der Waals surface area (Å²) < 4.78 is 22.7. The van der Waals surface area contributed by atoms with Gasteiger partial charge in [0, 0.05) is 71.7 Å². The number of esters is 1. The number of methoxy groups -OCH3 is 2. The van der Waals surface area contributed by atoms with E-state index >= 15 is 0 Å². The van der Waals surface area contributed by atoms with Crippen molar-refractivity contribution in [3.8, 4) is 45.3 Å². The van der Waals surface area contributed by atoms with E-state index in [4.69, 9.17) is 47.1 Å². The first kappa shape index (κ1) is 42.7. The van der Waals surface area contributed by atoms with Crippen molar-refractivity contribution in [2.75, 3.05) is 33.9 Å². The summed E-state index contributed by atoms with van der Waals surface area (Å²) in [4.78, 5) is 51.0. The van der Waals surface area contributed by atoms with Crippen molar-refractivity contribution in [3.05, 3.63) is 82.0 Å². The normalized spacial score (nSPS) is 17.0. The molecule has 6 rings (SSSR count). The summed E-state index contributed by atoms with van der Waals surface area (Å²) in [5, 5.41) is 3.79. The maximum Gasteiger partial charge on any atom is 0.410 e.